The van der Waals surface area contributed by atoms with Gasteiger partial charge >= 0.3 is 0 Å². The number of sulfonamides is 1. The number of amides is 3. The van der Waals surface area contributed by atoms with Crippen LogP contribution < -0.4 is 10.6 Å². The van der Waals surface area contributed by atoms with Crippen molar-refractivity contribution in [3.63, 3.8) is 0 Å². The van der Waals surface area contributed by atoms with Crippen molar-refractivity contribution >= 4 is 27.7 Å². The lowest BCUT2D eigenvalue weighted by molar-refractivity contribution is -0.133. The van der Waals surface area contributed by atoms with Gasteiger partial charge < -0.3 is 15.5 Å². The third-order valence-corrected chi connectivity index (χ3v) is 7.91. The SMILES string of the molecule is O=C1NCCCC1NC(=O)C1CN(S(=O)(=O)c2ccc(F)cc2)CCN1C(=O)c1cccc(F)c1. The van der Waals surface area contributed by atoms with Gasteiger partial charge in [0.05, 0.1) is 4.90 Å². The van der Waals surface area contributed by atoms with Crippen LogP contribution >= 0.6 is 0 Å². The normalized spacial score (nSPS) is 21.3. The van der Waals surface area contributed by atoms with E-state index in [9.17, 15) is 31.6 Å². The van der Waals surface area contributed by atoms with Crippen LogP contribution in [0.4, 0.5) is 8.78 Å². The van der Waals surface area contributed by atoms with Crippen LogP contribution in [-0.4, -0.2) is 73.6 Å². The Balaban J connectivity index is 1.62. The van der Waals surface area contributed by atoms with Gasteiger partial charge in [-0.05, 0) is 55.3 Å². The van der Waals surface area contributed by atoms with Gasteiger partial charge in [-0.2, -0.15) is 4.31 Å². The van der Waals surface area contributed by atoms with Crippen molar-refractivity contribution in [3.8, 4) is 0 Å². The van der Waals surface area contributed by atoms with Gasteiger partial charge in [-0.3, -0.25) is 14.4 Å². The van der Waals surface area contributed by atoms with Crippen molar-refractivity contribution in [2.24, 2.45) is 0 Å². The Hall–Kier alpha value is -3.38. The van der Waals surface area contributed by atoms with Gasteiger partial charge in [-0.1, -0.05) is 6.07 Å². The summed E-state index contributed by atoms with van der Waals surface area (Å²) in [6, 6.07) is 7.16. The number of nitrogens with zero attached hydrogens (tertiary/aromatic N) is 2. The molecule has 12 heteroatoms. The zero-order valence-corrected chi connectivity index (χ0v) is 19.4. The highest BCUT2D eigenvalue weighted by Gasteiger charge is 2.41. The van der Waals surface area contributed by atoms with Gasteiger partial charge in [0.25, 0.3) is 5.91 Å². The quantitative estimate of drug-likeness (QED) is 0.625. The van der Waals surface area contributed by atoms with Crippen LogP contribution in [0, 0.1) is 11.6 Å². The number of rotatable bonds is 5. The smallest absolute Gasteiger partial charge is 0.254 e. The number of nitrogens with one attached hydrogen (secondary N) is 2. The summed E-state index contributed by atoms with van der Waals surface area (Å²) >= 11 is 0. The van der Waals surface area contributed by atoms with Crippen LogP contribution in [0.5, 0.6) is 0 Å². The van der Waals surface area contributed by atoms with E-state index >= 15 is 0 Å². The fraction of sp³-hybridized carbons (Fsp3) is 0.348. The molecule has 9 nitrogen and oxygen atoms in total. The molecule has 2 fully saturated rings. The van der Waals surface area contributed by atoms with Crippen molar-refractivity contribution in [3.05, 3.63) is 65.7 Å². The van der Waals surface area contributed by atoms with Crippen molar-refractivity contribution in [2.75, 3.05) is 26.2 Å². The first-order valence-corrected chi connectivity index (χ1v) is 12.5. The van der Waals surface area contributed by atoms with Crippen LogP contribution in [0.1, 0.15) is 23.2 Å². The molecule has 3 amide bonds. The molecule has 2 aromatic rings. The number of hydrogen-bond acceptors (Lipinski definition) is 5. The summed E-state index contributed by atoms with van der Waals surface area (Å²) in [7, 11) is -4.10. The number of halogens is 2. The fourth-order valence-corrected chi connectivity index (χ4v) is 5.60. The van der Waals surface area contributed by atoms with E-state index in [1.165, 1.54) is 23.1 Å². The van der Waals surface area contributed by atoms with Crippen LogP contribution in [0.3, 0.4) is 0 Å². The highest BCUT2D eigenvalue weighted by Crippen LogP contribution is 2.23. The summed E-state index contributed by atoms with van der Waals surface area (Å²) in [4.78, 5) is 39.6. The fourth-order valence-electron chi connectivity index (χ4n) is 4.16. The second kappa shape index (κ2) is 10.1. The van der Waals surface area contributed by atoms with Crippen molar-refractivity contribution in [1.29, 1.82) is 0 Å². The first-order valence-electron chi connectivity index (χ1n) is 11.1. The summed E-state index contributed by atoms with van der Waals surface area (Å²) in [6.45, 7) is -0.178. The summed E-state index contributed by atoms with van der Waals surface area (Å²) < 4.78 is 54.4. The van der Waals surface area contributed by atoms with E-state index in [2.05, 4.69) is 10.6 Å². The maximum Gasteiger partial charge on any atom is 0.254 e. The van der Waals surface area contributed by atoms with E-state index < -0.39 is 45.6 Å². The van der Waals surface area contributed by atoms with Crippen LogP contribution in [0.15, 0.2) is 53.4 Å². The molecule has 0 aliphatic carbocycles. The van der Waals surface area contributed by atoms with Crippen molar-refractivity contribution < 1.29 is 31.6 Å². The van der Waals surface area contributed by atoms with Gasteiger partial charge in [0.15, 0.2) is 0 Å². The number of carbonyl (C=O) groups excluding carboxylic acids is 3. The Bertz CT molecular complexity index is 1240. The summed E-state index contributed by atoms with van der Waals surface area (Å²) in [5.74, 6) is -2.93. The monoisotopic (exact) mass is 506 g/mol. The molecule has 4 rings (SSSR count). The van der Waals surface area contributed by atoms with E-state index in [0.717, 1.165) is 34.6 Å². The summed E-state index contributed by atoms with van der Waals surface area (Å²) in [6.07, 6.45) is 1.05. The van der Waals surface area contributed by atoms with Gasteiger partial charge in [-0.15, -0.1) is 0 Å². The maximum absolute atomic E-state index is 13.7. The van der Waals surface area contributed by atoms with E-state index in [4.69, 9.17) is 0 Å². The molecule has 2 aliphatic heterocycles. The maximum atomic E-state index is 13.7. The number of piperazine rings is 1. The lowest BCUT2D eigenvalue weighted by Gasteiger charge is -2.40. The predicted molar refractivity (Wildman–Crippen MR) is 121 cm³/mol. The standard InChI is InChI=1S/C23H24F2N4O5S/c24-16-6-8-18(9-7-16)35(33,34)28-11-12-29(23(32)15-3-1-4-17(25)13-15)20(14-28)22(31)27-19-5-2-10-26-21(19)30/h1,3-4,6-9,13,19-20H,2,5,10-12,14H2,(H,26,30)(H,27,31). The van der Waals surface area contributed by atoms with E-state index in [-0.39, 0.29) is 36.0 Å². The molecule has 2 aromatic carbocycles. The lowest BCUT2D eigenvalue weighted by atomic mass is 10.0. The predicted octanol–water partition coefficient (Wildman–Crippen LogP) is 0.875. The van der Waals surface area contributed by atoms with E-state index in [1.54, 1.807) is 0 Å². The number of benzene rings is 2. The lowest BCUT2D eigenvalue weighted by Crippen LogP contribution is -2.63. The molecule has 0 bridgehead atoms. The molecule has 2 N–H and O–H groups in total. The molecule has 2 aliphatic rings. The molecular formula is C23H24F2N4O5S. The Kier molecular flexibility index (Phi) is 7.13. The van der Waals surface area contributed by atoms with Gasteiger partial charge in [0.2, 0.25) is 21.8 Å². The molecule has 0 radical (unpaired) electrons. The first kappa shape index (κ1) is 24.7. The Morgan fingerprint density at radius 3 is 2.46 bits per heavy atom. The number of piperidine rings is 1. The minimum absolute atomic E-state index is 0.00745. The Morgan fingerprint density at radius 2 is 1.77 bits per heavy atom. The zero-order valence-electron chi connectivity index (χ0n) is 18.6. The molecule has 35 heavy (non-hydrogen) atoms. The minimum Gasteiger partial charge on any atom is -0.354 e. The Morgan fingerprint density at radius 1 is 1.03 bits per heavy atom. The second-order valence-electron chi connectivity index (χ2n) is 8.34. The van der Waals surface area contributed by atoms with Crippen molar-refractivity contribution in [1.82, 2.24) is 19.8 Å². The molecule has 2 saturated heterocycles. The van der Waals surface area contributed by atoms with Gasteiger partial charge in [0.1, 0.15) is 23.7 Å². The Labute approximate surface area is 201 Å². The highest BCUT2D eigenvalue weighted by molar-refractivity contribution is 7.89. The zero-order chi connectivity index (χ0) is 25.2. The highest BCUT2D eigenvalue weighted by atomic mass is 32.2. The molecule has 2 atom stereocenters. The topological polar surface area (TPSA) is 116 Å². The number of hydrogen-bond donors (Lipinski definition) is 2. The third-order valence-electron chi connectivity index (χ3n) is 6.03. The molecule has 0 aromatic heterocycles. The molecule has 186 valence electrons. The van der Waals surface area contributed by atoms with E-state index in [0.29, 0.717) is 19.4 Å². The van der Waals surface area contributed by atoms with Gasteiger partial charge in [0, 0.05) is 31.7 Å². The number of carbonyl (C=O) groups is 3. The average Bonchev–Trinajstić information content (AvgIpc) is 2.85. The van der Waals surface area contributed by atoms with Crippen LogP contribution in [0.25, 0.3) is 0 Å². The largest absolute Gasteiger partial charge is 0.354 e. The van der Waals surface area contributed by atoms with E-state index in [1.807, 2.05) is 0 Å². The molecular weight excluding hydrogens is 482 g/mol. The second-order valence-corrected chi connectivity index (χ2v) is 10.3. The first-order chi connectivity index (χ1) is 16.7. The van der Waals surface area contributed by atoms with Gasteiger partial charge in [-0.25, -0.2) is 17.2 Å². The summed E-state index contributed by atoms with van der Waals surface area (Å²) in [5.41, 5.74) is 0.00745. The average molecular weight is 507 g/mol. The minimum atomic E-state index is -4.10. The summed E-state index contributed by atoms with van der Waals surface area (Å²) in [5, 5.41) is 5.27. The molecule has 0 saturated carbocycles. The molecule has 2 heterocycles. The van der Waals surface area contributed by atoms with Crippen molar-refractivity contribution in [2.45, 2.75) is 29.8 Å². The molecule has 0 spiro atoms. The van der Waals surface area contributed by atoms with Crippen LogP contribution in [0.2, 0.25) is 0 Å². The third kappa shape index (κ3) is 5.33. The molecule has 2 unspecified atom stereocenters. The van der Waals surface area contributed by atoms with Crippen LogP contribution in [-0.2, 0) is 19.6 Å².